The molecule has 0 aromatic carbocycles. The zero-order valence-electron chi connectivity index (χ0n) is 8.88. The predicted octanol–water partition coefficient (Wildman–Crippen LogP) is 0.0794. The summed E-state index contributed by atoms with van der Waals surface area (Å²) in [5.41, 5.74) is 6.34. The van der Waals surface area contributed by atoms with E-state index in [2.05, 4.69) is 10.3 Å². The second-order valence-corrected chi connectivity index (χ2v) is 3.87. The summed E-state index contributed by atoms with van der Waals surface area (Å²) in [7, 11) is 1.76. The number of aliphatic hydroxyl groups is 1. The average molecular weight is 198 g/mol. The molecule has 0 radical (unpaired) electrons. The summed E-state index contributed by atoms with van der Waals surface area (Å²) in [5.74, 6) is 0.386. The molecule has 1 aromatic heterocycles. The molecule has 0 aliphatic carbocycles. The third-order valence-corrected chi connectivity index (χ3v) is 2.59. The van der Waals surface area contributed by atoms with Crippen molar-refractivity contribution in [2.45, 2.75) is 20.0 Å². The van der Waals surface area contributed by atoms with Gasteiger partial charge in [-0.05, 0) is 12.5 Å². The number of nitrogens with two attached hydrogens (primary N) is 1. The van der Waals surface area contributed by atoms with Gasteiger partial charge in [0.2, 0.25) is 0 Å². The molecule has 0 bridgehead atoms. The van der Waals surface area contributed by atoms with Gasteiger partial charge in [0, 0.05) is 13.0 Å². The molecule has 0 amide bonds. The third kappa shape index (κ3) is 2.10. The molecule has 3 N–H and O–H groups in total. The van der Waals surface area contributed by atoms with E-state index in [4.69, 9.17) is 5.73 Å². The highest BCUT2D eigenvalue weighted by molar-refractivity contribution is 5.01. The molecule has 14 heavy (non-hydrogen) atoms. The topological polar surface area (TPSA) is 77.0 Å². The lowest BCUT2D eigenvalue weighted by molar-refractivity contribution is 0.0788. The van der Waals surface area contributed by atoms with Crippen LogP contribution in [-0.4, -0.2) is 26.6 Å². The van der Waals surface area contributed by atoms with Gasteiger partial charge in [-0.2, -0.15) is 0 Å². The number of nitrogens with zero attached hydrogens (tertiary/aromatic N) is 3. The number of aromatic nitrogens is 3. The quantitative estimate of drug-likeness (QED) is 0.718. The summed E-state index contributed by atoms with van der Waals surface area (Å²) >= 11 is 0. The first kappa shape index (κ1) is 11.1. The second kappa shape index (κ2) is 4.52. The lowest BCUT2D eigenvalue weighted by Crippen LogP contribution is -2.27. The van der Waals surface area contributed by atoms with E-state index in [1.54, 1.807) is 17.9 Å². The van der Waals surface area contributed by atoms with Crippen molar-refractivity contribution in [2.75, 3.05) is 6.54 Å². The Balaban J connectivity index is 2.83. The first-order valence-corrected chi connectivity index (χ1v) is 4.80. The molecule has 1 rings (SSSR count). The van der Waals surface area contributed by atoms with Crippen molar-refractivity contribution in [1.82, 2.24) is 15.0 Å². The van der Waals surface area contributed by atoms with Crippen molar-refractivity contribution >= 4 is 0 Å². The molecule has 0 aliphatic heterocycles. The lowest BCUT2D eigenvalue weighted by Gasteiger charge is -2.24. The van der Waals surface area contributed by atoms with Gasteiger partial charge in [0.15, 0.2) is 0 Å². The van der Waals surface area contributed by atoms with Crippen LogP contribution in [-0.2, 0) is 7.05 Å². The van der Waals surface area contributed by atoms with E-state index < -0.39 is 6.10 Å². The number of hydrogen-bond donors (Lipinski definition) is 2. The molecule has 80 valence electrons. The molecule has 0 saturated carbocycles. The van der Waals surface area contributed by atoms with Crippen LogP contribution in [0.1, 0.15) is 25.6 Å². The van der Waals surface area contributed by atoms with Crippen molar-refractivity contribution in [2.24, 2.45) is 24.6 Å². The number of aliphatic hydroxyl groups excluding tert-OH is 1. The molecule has 2 atom stereocenters. The molecule has 0 aliphatic rings. The van der Waals surface area contributed by atoms with Gasteiger partial charge in [-0.3, -0.25) is 0 Å². The average Bonchev–Trinajstić information content (AvgIpc) is 2.51. The Bertz CT molecular complexity index is 284. The van der Waals surface area contributed by atoms with E-state index in [-0.39, 0.29) is 5.92 Å². The van der Waals surface area contributed by atoms with Crippen LogP contribution in [0.4, 0.5) is 0 Å². The zero-order valence-corrected chi connectivity index (χ0v) is 8.88. The Labute approximate surface area is 83.9 Å². The molecule has 0 saturated heterocycles. The van der Waals surface area contributed by atoms with Crippen LogP contribution in [0.25, 0.3) is 0 Å². The molecule has 0 fully saturated rings. The highest BCUT2D eigenvalue weighted by Crippen LogP contribution is 2.25. The molecule has 0 spiro atoms. The molecular weight excluding hydrogens is 180 g/mol. The Hall–Kier alpha value is -0.940. The van der Waals surface area contributed by atoms with E-state index >= 15 is 0 Å². The van der Waals surface area contributed by atoms with E-state index in [0.717, 1.165) is 0 Å². The number of rotatable bonds is 4. The molecule has 1 heterocycles. The Morgan fingerprint density at radius 2 is 2.21 bits per heavy atom. The Morgan fingerprint density at radius 3 is 2.57 bits per heavy atom. The molecule has 1 aromatic rings. The minimum Gasteiger partial charge on any atom is -0.386 e. The molecule has 5 heteroatoms. The van der Waals surface area contributed by atoms with E-state index in [0.29, 0.717) is 18.2 Å². The fourth-order valence-electron chi connectivity index (χ4n) is 1.55. The van der Waals surface area contributed by atoms with Gasteiger partial charge >= 0.3 is 0 Å². The standard InChI is InChI=1S/C9H18N4O/c1-6(2)7(4-10)9(14)8-5-11-12-13(8)3/h5-7,9,14H,4,10H2,1-3H3. The maximum atomic E-state index is 10.0. The fourth-order valence-corrected chi connectivity index (χ4v) is 1.55. The first-order valence-electron chi connectivity index (χ1n) is 4.80. The highest BCUT2D eigenvalue weighted by atomic mass is 16.3. The van der Waals surface area contributed by atoms with Gasteiger partial charge in [-0.15, -0.1) is 5.10 Å². The van der Waals surface area contributed by atoms with Gasteiger partial charge in [0.1, 0.15) is 6.10 Å². The smallest absolute Gasteiger partial charge is 0.101 e. The van der Waals surface area contributed by atoms with Crippen LogP contribution in [0, 0.1) is 11.8 Å². The van der Waals surface area contributed by atoms with E-state index in [9.17, 15) is 5.11 Å². The van der Waals surface area contributed by atoms with Crippen LogP contribution in [0.15, 0.2) is 6.20 Å². The van der Waals surface area contributed by atoms with Crippen LogP contribution in [0.3, 0.4) is 0 Å². The van der Waals surface area contributed by atoms with E-state index in [1.165, 1.54) is 0 Å². The normalized spacial score (nSPS) is 15.9. The minimum absolute atomic E-state index is 0.0483. The summed E-state index contributed by atoms with van der Waals surface area (Å²) in [6, 6.07) is 0. The summed E-state index contributed by atoms with van der Waals surface area (Å²) in [4.78, 5) is 0. The number of hydrogen-bond acceptors (Lipinski definition) is 4. The van der Waals surface area contributed by atoms with E-state index in [1.807, 2.05) is 13.8 Å². The second-order valence-electron chi connectivity index (χ2n) is 3.87. The van der Waals surface area contributed by atoms with Gasteiger partial charge in [-0.1, -0.05) is 19.1 Å². The SMILES string of the molecule is CC(C)C(CN)C(O)c1cnnn1C. The first-order chi connectivity index (χ1) is 6.57. The maximum absolute atomic E-state index is 10.0. The van der Waals surface area contributed by atoms with Gasteiger partial charge < -0.3 is 10.8 Å². The van der Waals surface area contributed by atoms with Crippen molar-refractivity contribution in [3.8, 4) is 0 Å². The van der Waals surface area contributed by atoms with Gasteiger partial charge in [0.25, 0.3) is 0 Å². The number of aryl methyl sites for hydroxylation is 1. The Morgan fingerprint density at radius 1 is 1.57 bits per heavy atom. The Kier molecular flexibility index (Phi) is 3.60. The maximum Gasteiger partial charge on any atom is 0.101 e. The van der Waals surface area contributed by atoms with Gasteiger partial charge in [0.05, 0.1) is 11.9 Å². The van der Waals surface area contributed by atoms with Crippen LogP contribution in [0.2, 0.25) is 0 Å². The largest absolute Gasteiger partial charge is 0.386 e. The predicted molar refractivity (Wildman–Crippen MR) is 53.3 cm³/mol. The summed E-state index contributed by atoms with van der Waals surface area (Å²) in [5, 5.41) is 17.6. The van der Waals surface area contributed by atoms with Crippen LogP contribution < -0.4 is 5.73 Å². The van der Waals surface area contributed by atoms with Crippen molar-refractivity contribution in [3.05, 3.63) is 11.9 Å². The van der Waals surface area contributed by atoms with Crippen molar-refractivity contribution < 1.29 is 5.11 Å². The molecular formula is C9H18N4O. The third-order valence-electron chi connectivity index (χ3n) is 2.59. The molecule has 5 nitrogen and oxygen atoms in total. The summed E-state index contributed by atoms with van der Waals surface area (Å²) < 4.78 is 1.58. The van der Waals surface area contributed by atoms with Crippen LogP contribution in [0.5, 0.6) is 0 Å². The highest BCUT2D eigenvalue weighted by Gasteiger charge is 2.25. The monoisotopic (exact) mass is 198 g/mol. The summed E-state index contributed by atoms with van der Waals surface area (Å²) in [6.45, 7) is 4.55. The lowest BCUT2D eigenvalue weighted by atomic mass is 9.89. The molecule has 2 unspecified atom stereocenters. The summed E-state index contributed by atoms with van der Waals surface area (Å²) in [6.07, 6.45) is 0.996. The van der Waals surface area contributed by atoms with Crippen molar-refractivity contribution in [1.29, 1.82) is 0 Å². The van der Waals surface area contributed by atoms with Crippen molar-refractivity contribution in [3.63, 3.8) is 0 Å². The van der Waals surface area contributed by atoms with Crippen LogP contribution >= 0.6 is 0 Å². The minimum atomic E-state index is -0.583. The fraction of sp³-hybridized carbons (Fsp3) is 0.778. The zero-order chi connectivity index (χ0) is 10.7. The van der Waals surface area contributed by atoms with Gasteiger partial charge in [-0.25, -0.2) is 4.68 Å².